The predicted molar refractivity (Wildman–Crippen MR) is 99.8 cm³/mol. The van der Waals surface area contributed by atoms with E-state index in [1.165, 1.54) is 12.8 Å². The summed E-state index contributed by atoms with van der Waals surface area (Å²) < 4.78 is 10.2. The molecule has 4 heteroatoms. The third kappa shape index (κ3) is 15.3. The molecule has 0 N–H and O–H groups in total. The molecule has 0 bridgehead atoms. The minimum Gasteiger partial charge on any atom is -0.459 e. The lowest BCUT2D eigenvalue weighted by atomic mass is 10.1. The topological polar surface area (TPSA) is 52.6 Å². The number of carbonyl (C=O) groups excluding carboxylic acids is 2. The van der Waals surface area contributed by atoms with E-state index in [2.05, 4.69) is 20.1 Å². The summed E-state index contributed by atoms with van der Waals surface area (Å²) in [5.41, 5.74) is 0.518. The molecule has 0 saturated carbocycles. The fourth-order valence-corrected chi connectivity index (χ4v) is 1.59. The smallest absolute Gasteiger partial charge is 0.333 e. The van der Waals surface area contributed by atoms with E-state index in [0.29, 0.717) is 11.1 Å². The molecule has 0 fully saturated rings. The van der Waals surface area contributed by atoms with Crippen molar-refractivity contribution in [3.63, 3.8) is 0 Å². The molecule has 0 spiro atoms. The van der Waals surface area contributed by atoms with Crippen molar-refractivity contribution in [2.75, 3.05) is 0 Å². The Balaban J connectivity index is 0. The van der Waals surface area contributed by atoms with Crippen molar-refractivity contribution in [2.24, 2.45) is 0 Å². The first-order chi connectivity index (χ1) is 10.9. The standard InChI is InChI=1S/C12H22O2.C8H14O2/c1-5-7-8-9-11(6-2)14-12(13)10(3)4;1-6(2)7(9)10-8(3,4)5/h11H,3,5-9H2,1-2,4H3;1H2,2-5H3. The largest absolute Gasteiger partial charge is 0.459 e. The van der Waals surface area contributed by atoms with Gasteiger partial charge in [-0.2, -0.15) is 0 Å². The third-order valence-electron chi connectivity index (χ3n) is 2.95. The van der Waals surface area contributed by atoms with E-state index in [4.69, 9.17) is 9.47 Å². The van der Waals surface area contributed by atoms with E-state index in [-0.39, 0.29) is 18.0 Å². The molecule has 24 heavy (non-hydrogen) atoms. The van der Waals surface area contributed by atoms with Gasteiger partial charge >= 0.3 is 11.9 Å². The molecule has 1 atom stereocenters. The summed E-state index contributed by atoms with van der Waals surface area (Å²) in [6.07, 6.45) is 5.49. The Hall–Kier alpha value is -1.58. The van der Waals surface area contributed by atoms with Crippen molar-refractivity contribution in [3.05, 3.63) is 24.3 Å². The maximum absolute atomic E-state index is 11.2. The summed E-state index contributed by atoms with van der Waals surface area (Å²) in [6, 6.07) is 0. The maximum Gasteiger partial charge on any atom is 0.333 e. The lowest BCUT2D eigenvalue weighted by molar-refractivity contribution is -0.149. The first-order valence-corrected chi connectivity index (χ1v) is 8.69. The second-order valence-corrected chi connectivity index (χ2v) is 6.99. The Labute approximate surface area is 148 Å². The summed E-state index contributed by atoms with van der Waals surface area (Å²) in [6.45, 7) is 20.0. The minimum atomic E-state index is -0.407. The second-order valence-electron chi connectivity index (χ2n) is 6.99. The summed E-state index contributed by atoms with van der Waals surface area (Å²) in [5, 5.41) is 0. The van der Waals surface area contributed by atoms with Crippen LogP contribution < -0.4 is 0 Å². The highest BCUT2D eigenvalue weighted by Crippen LogP contribution is 2.11. The monoisotopic (exact) mass is 340 g/mol. The predicted octanol–water partition coefficient (Wildman–Crippen LogP) is 5.37. The molecule has 0 amide bonds. The van der Waals surface area contributed by atoms with Crippen molar-refractivity contribution in [3.8, 4) is 0 Å². The molecule has 0 heterocycles. The van der Waals surface area contributed by atoms with Crippen LogP contribution in [0.25, 0.3) is 0 Å². The number of carbonyl (C=O) groups is 2. The second kappa shape index (κ2) is 12.8. The van der Waals surface area contributed by atoms with Gasteiger partial charge in [0.1, 0.15) is 11.7 Å². The first-order valence-electron chi connectivity index (χ1n) is 8.69. The Morgan fingerprint density at radius 2 is 1.46 bits per heavy atom. The number of unbranched alkanes of at least 4 members (excludes halogenated alkanes) is 2. The van der Waals surface area contributed by atoms with Gasteiger partial charge in [0.2, 0.25) is 0 Å². The van der Waals surface area contributed by atoms with Gasteiger partial charge in [0.15, 0.2) is 0 Å². The highest BCUT2D eigenvalue weighted by Gasteiger charge is 2.15. The highest BCUT2D eigenvalue weighted by molar-refractivity contribution is 5.87. The molecule has 0 aromatic carbocycles. The first kappa shape index (κ1) is 24.7. The van der Waals surface area contributed by atoms with Crippen LogP contribution in [0.5, 0.6) is 0 Å². The van der Waals surface area contributed by atoms with Gasteiger partial charge < -0.3 is 9.47 Å². The zero-order valence-electron chi connectivity index (χ0n) is 16.7. The molecule has 4 nitrogen and oxygen atoms in total. The molecule has 0 aromatic heterocycles. The molecule has 0 radical (unpaired) electrons. The lowest BCUT2D eigenvalue weighted by Crippen LogP contribution is -2.23. The zero-order valence-corrected chi connectivity index (χ0v) is 16.7. The van der Waals surface area contributed by atoms with Gasteiger partial charge in [-0.05, 0) is 53.9 Å². The van der Waals surface area contributed by atoms with Gasteiger partial charge in [-0.3, -0.25) is 0 Å². The van der Waals surface area contributed by atoms with Gasteiger partial charge in [-0.15, -0.1) is 0 Å². The maximum atomic E-state index is 11.2. The van der Waals surface area contributed by atoms with Gasteiger partial charge in [-0.1, -0.05) is 39.8 Å². The summed E-state index contributed by atoms with van der Waals surface area (Å²) >= 11 is 0. The van der Waals surface area contributed by atoms with Crippen LogP contribution in [-0.2, 0) is 19.1 Å². The van der Waals surface area contributed by atoms with E-state index in [1.807, 2.05) is 27.7 Å². The molecule has 0 aromatic rings. The molecular formula is C20H36O4. The molecule has 0 aliphatic rings. The molecule has 0 aliphatic heterocycles. The fraction of sp³-hybridized carbons (Fsp3) is 0.700. The van der Waals surface area contributed by atoms with Crippen molar-refractivity contribution >= 4 is 11.9 Å². The van der Waals surface area contributed by atoms with Crippen LogP contribution in [0.4, 0.5) is 0 Å². The van der Waals surface area contributed by atoms with Crippen LogP contribution in [0, 0.1) is 0 Å². The highest BCUT2D eigenvalue weighted by atomic mass is 16.6. The van der Waals surface area contributed by atoms with E-state index >= 15 is 0 Å². The normalized spacial score (nSPS) is 11.6. The molecule has 140 valence electrons. The molecule has 1 unspecified atom stereocenters. The summed E-state index contributed by atoms with van der Waals surface area (Å²) in [4.78, 5) is 22.1. The van der Waals surface area contributed by atoms with Crippen molar-refractivity contribution in [2.45, 2.75) is 92.3 Å². The van der Waals surface area contributed by atoms with Crippen LogP contribution >= 0.6 is 0 Å². The van der Waals surface area contributed by atoms with E-state index in [0.717, 1.165) is 19.3 Å². The molecule has 0 aliphatic carbocycles. The number of hydrogen-bond acceptors (Lipinski definition) is 4. The third-order valence-corrected chi connectivity index (χ3v) is 2.95. The number of ether oxygens (including phenoxy) is 2. The Kier molecular flexibility index (Phi) is 13.2. The average molecular weight is 341 g/mol. The van der Waals surface area contributed by atoms with Crippen LogP contribution in [0.1, 0.15) is 80.6 Å². The number of esters is 2. The van der Waals surface area contributed by atoms with Crippen LogP contribution in [0.15, 0.2) is 24.3 Å². The van der Waals surface area contributed by atoms with Crippen molar-refractivity contribution in [1.29, 1.82) is 0 Å². The Morgan fingerprint density at radius 3 is 1.75 bits per heavy atom. The van der Waals surface area contributed by atoms with E-state index in [9.17, 15) is 9.59 Å². The van der Waals surface area contributed by atoms with Gasteiger partial charge in [0, 0.05) is 11.1 Å². The SMILES string of the molecule is C=C(C)C(=O)OC(C)(C)C.C=C(C)C(=O)OC(CC)CCCCC. The quantitative estimate of drug-likeness (QED) is 0.339. The number of rotatable bonds is 8. The molecular weight excluding hydrogens is 304 g/mol. The van der Waals surface area contributed by atoms with Gasteiger partial charge in [-0.25, -0.2) is 9.59 Å². The van der Waals surface area contributed by atoms with Gasteiger partial charge in [0.25, 0.3) is 0 Å². The van der Waals surface area contributed by atoms with Crippen LogP contribution in [0.3, 0.4) is 0 Å². The average Bonchev–Trinajstić information content (AvgIpc) is 2.44. The van der Waals surface area contributed by atoms with Crippen molar-refractivity contribution < 1.29 is 19.1 Å². The summed E-state index contributed by atoms with van der Waals surface area (Å²) in [5.74, 6) is -0.583. The van der Waals surface area contributed by atoms with E-state index < -0.39 is 5.60 Å². The summed E-state index contributed by atoms with van der Waals surface area (Å²) in [7, 11) is 0. The van der Waals surface area contributed by atoms with E-state index in [1.54, 1.807) is 13.8 Å². The van der Waals surface area contributed by atoms with Crippen LogP contribution in [-0.4, -0.2) is 23.6 Å². The van der Waals surface area contributed by atoms with Crippen LogP contribution in [0.2, 0.25) is 0 Å². The lowest BCUT2D eigenvalue weighted by Gasteiger charge is -2.19. The van der Waals surface area contributed by atoms with Crippen molar-refractivity contribution in [1.82, 2.24) is 0 Å². The minimum absolute atomic E-state index is 0.0748. The molecule has 0 saturated heterocycles. The Morgan fingerprint density at radius 1 is 0.958 bits per heavy atom. The van der Waals surface area contributed by atoms with Gasteiger partial charge in [0.05, 0.1) is 0 Å². The Bertz CT molecular complexity index is 416. The number of hydrogen-bond donors (Lipinski definition) is 0. The molecule has 0 rings (SSSR count). The fourth-order valence-electron chi connectivity index (χ4n) is 1.59. The zero-order chi connectivity index (χ0) is 19.3.